The predicted molar refractivity (Wildman–Crippen MR) is 340 cm³/mol. The monoisotopic (exact) mass is 1230 g/mol. The smallest absolute Gasteiger partial charge is 0.306 e. The topological polar surface area (TPSA) is 225 Å². The van der Waals surface area contributed by atoms with Gasteiger partial charge >= 0.3 is 29.8 Å². The Morgan fingerprint density at radius 1 is 0.381 bits per heavy atom. The van der Waals surface area contributed by atoms with Crippen molar-refractivity contribution in [1.29, 1.82) is 0 Å². The standard InChI is InChI=1S/C64H122N4O14S2/c1-52(2)33-43-78-60(73)28-15-11-9-13-24-56(69)50-68(51-57(70)25-14-10-12-16-29-61(74)79-44-34-53(3)4)36-23-46-83-84-47-42-66-39-37-65(38-40-66)41-45-80-62(75)30-21-22-35-67(48-58(71)26-17-19-31-63(76)81-54(5)6)49-59(72)27-18-20-32-64(77)82-55(7)8/h52-59,69-72H,9-51H2,1-8H3. The first-order valence-corrected chi connectivity index (χ1v) is 35.4. The molecule has 4 N–H and O–H groups in total. The van der Waals surface area contributed by atoms with E-state index < -0.39 is 24.4 Å². The van der Waals surface area contributed by atoms with Crippen LogP contribution in [-0.2, 0) is 47.7 Å². The van der Waals surface area contributed by atoms with Crippen molar-refractivity contribution in [2.75, 3.05) is 110 Å². The zero-order valence-electron chi connectivity index (χ0n) is 54.0. The van der Waals surface area contributed by atoms with E-state index in [0.29, 0.717) is 167 Å². The molecule has 494 valence electrons. The van der Waals surface area contributed by atoms with Crippen molar-refractivity contribution < 1.29 is 68.1 Å². The molecule has 0 aromatic rings. The average Bonchev–Trinajstić information content (AvgIpc) is 3.44. The Labute approximate surface area is 517 Å². The van der Waals surface area contributed by atoms with Crippen LogP contribution < -0.4 is 0 Å². The Kier molecular flexibility index (Phi) is 50.0. The third-order valence-corrected chi connectivity index (χ3v) is 17.2. The van der Waals surface area contributed by atoms with Crippen molar-refractivity contribution >= 4 is 51.4 Å². The van der Waals surface area contributed by atoms with Crippen LogP contribution in [0.25, 0.3) is 0 Å². The summed E-state index contributed by atoms with van der Waals surface area (Å²) in [5.41, 5.74) is 0. The zero-order chi connectivity index (χ0) is 62.2. The number of carbonyl (C=O) groups is 5. The van der Waals surface area contributed by atoms with E-state index in [4.69, 9.17) is 23.7 Å². The number of piperazine rings is 1. The van der Waals surface area contributed by atoms with Crippen molar-refractivity contribution in [2.45, 2.75) is 259 Å². The SMILES string of the molecule is CC(C)CCOC(=O)CCCCCCC(O)CN(CCCSSCCN1CCN(CCOC(=O)CCCCN(CC(O)CCCCC(=O)OC(C)C)CC(O)CCCCC(=O)OC(C)C)CC1)CC(O)CCCCCCC(=O)OCCC(C)C. The molecular weight excluding hydrogens is 1110 g/mol. The molecular formula is C64H122N4O14S2. The van der Waals surface area contributed by atoms with E-state index in [1.54, 1.807) is 0 Å². The van der Waals surface area contributed by atoms with E-state index in [1.807, 2.05) is 54.2 Å². The third-order valence-electron chi connectivity index (χ3n) is 14.7. The quantitative estimate of drug-likeness (QED) is 0.0192. The highest BCUT2D eigenvalue weighted by molar-refractivity contribution is 8.76. The fourth-order valence-electron chi connectivity index (χ4n) is 9.81. The second-order valence-electron chi connectivity index (χ2n) is 24.8. The number of rotatable bonds is 56. The van der Waals surface area contributed by atoms with Gasteiger partial charge in [-0.2, -0.15) is 0 Å². The maximum atomic E-state index is 12.7. The van der Waals surface area contributed by atoms with E-state index in [-0.39, 0.29) is 42.1 Å². The molecule has 1 heterocycles. The van der Waals surface area contributed by atoms with Crippen LogP contribution in [0.4, 0.5) is 0 Å². The summed E-state index contributed by atoms with van der Waals surface area (Å²) in [5.74, 6) is 2.10. The molecule has 4 unspecified atom stereocenters. The number of hydrogen-bond acceptors (Lipinski definition) is 20. The summed E-state index contributed by atoms with van der Waals surface area (Å²) in [4.78, 5) is 69.8. The molecule has 84 heavy (non-hydrogen) atoms. The lowest BCUT2D eigenvalue weighted by Crippen LogP contribution is -2.47. The molecule has 0 aromatic heterocycles. The molecule has 0 bridgehead atoms. The van der Waals surface area contributed by atoms with E-state index in [1.165, 1.54) is 0 Å². The highest BCUT2D eigenvalue weighted by atomic mass is 33.1. The first-order chi connectivity index (χ1) is 40.2. The number of unbranched alkanes of at least 4 members (excludes halogenated alkanes) is 9. The lowest BCUT2D eigenvalue weighted by molar-refractivity contribution is -0.148. The maximum absolute atomic E-state index is 12.7. The van der Waals surface area contributed by atoms with Crippen LogP contribution in [0.2, 0.25) is 0 Å². The minimum Gasteiger partial charge on any atom is -0.466 e. The minimum atomic E-state index is -0.623. The van der Waals surface area contributed by atoms with E-state index in [2.05, 4.69) is 42.4 Å². The van der Waals surface area contributed by atoms with Gasteiger partial charge in [-0.3, -0.25) is 43.6 Å². The van der Waals surface area contributed by atoms with Gasteiger partial charge in [0.05, 0.1) is 49.8 Å². The Balaban J connectivity index is 2.43. The van der Waals surface area contributed by atoms with E-state index in [9.17, 15) is 44.4 Å². The molecule has 0 amide bonds. The number of carbonyl (C=O) groups excluding carboxylic acids is 5. The van der Waals surface area contributed by atoms with Gasteiger partial charge in [0.25, 0.3) is 0 Å². The molecule has 1 fully saturated rings. The van der Waals surface area contributed by atoms with Crippen LogP contribution in [-0.4, -0.2) is 216 Å². The molecule has 1 rings (SSSR count). The molecule has 1 aliphatic rings. The van der Waals surface area contributed by atoms with Gasteiger partial charge in [0.1, 0.15) is 6.61 Å². The summed E-state index contributed by atoms with van der Waals surface area (Å²) in [6.45, 7) is 25.8. The zero-order valence-corrected chi connectivity index (χ0v) is 55.6. The molecule has 0 spiro atoms. The lowest BCUT2D eigenvalue weighted by Gasteiger charge is -2.34. The third kappa shape index (κ3) is 50.7. The summed E-state index contributed by atoms with van der Waals surface area (Å²) < 4.78 is 26.7. The summed E-state index contributed by atoms with van der Waals surface area (Å²) in [6.07, 6.45) is 15.6. The highest BCUT2D eigenvalue weighted by Crippen LogP contribution is 2.23. The van der Waals surface area contributed by atoms with Gasteiger partial charge in [-0.05, 0) is 136 Å². The predicted octanol–water partition coefficient (Wildman–Crippen LogP) is 10.0. The van der Waals surface area contributed by atoms with Crippen LogP contribution >= 0.6 is 21.6 Å². The van der Waals surface area contributed by atoms with Crippen molar-refractivity contribution in [3.05, 3.63) is 0 Å². The molecule has 18 nitrogen and oxygen atoms in total. The molecule has 0 aliphatic carbocycles. The van der Waals surface area contributed by atoms with Crippen LogP contribution in [0.5, 0.6) is 0 Å². The van der Waals surface area contributed by atoms with E-state index in [0.717, 1.165) is 121 Å². The fraction of sp³-hybridized carbons (Fsp3) is 0.922. The second-order valence-corrected chi connectivity index (χ2v) is 27.5. The van der Waals surface area contributed by atoms with Crippen LogP contribution in [0.3, 0.4) is 0 Å². The average molecular weight is 1240 g/mol. The van der Waals surface area contributed by atoms with Gasteiger partial charge in [0.2, 0.25) is 0 Å². The van der Waals surface area contributed by atoms with Gasteiger partial charge in [-0.1, -0.05) is 101 Å². The van der Waals surface area contributed by atoms with Crippen molar-refractivity contribution in [2.24, 2.45) is 11.8 Å². The molecule has 1 aliphatic heterocycles. The first-order valence-electron chi connectivity index (χ1n) is 32.9. The number of aliphatic hydroxyl groups is 4. The van der Waals surface area contributed by atoms with Crippen molar-refractivity contribution in [3.63, 3.8) is 0 Å². The summed E-state index contributed by atoms with van der Waals surface area (Å²) in [7, 11) is 3.78. The summed E-state index contributed by atoms with van der Waals surface area (Å²) in [5, 5.41) is 43.9. The maximum Gasteiger partial charge on any atom is 0.306 e. The van der Waals surface area contributed by atoms with Crippen molar-refractivity contribution in [1.82, 2.24) is 19.6 Å². The number of aliphatic hydroxyl groups excluding tert-OH is 4. The summed E-state index contributed by atoms with van der Waals surface area (Å²) in [6, 6.07) is 0. The van der Waals surface area contributed by atoms with Crippen LogP contribution in [0.1, 0.15) is 222 Å². The fourth-order valence-corrected chi connectivity index (χ4v) is 11.9. The van der Waals surface area contributed by atoms with Gasteiger partial charge in [0.15, 0.2) is 0 Å². The molecule has 1 saturated heterocycles. The van der Waals surface area contributed by atoms with Gasteiger partial charge in [0, 0.05) is 109 Å². The van der Waals surface area contributed by atoms with Gasteiger partial charge in [-0.15, -0.1) is 0 Å². The molecule has 4 atom stereocenters. The van der Waals surface area contributed by atoms with Crippen LogP contribution in [0, 0.1) is 11.8 Å². The van der Waals surface area contributed by atoms with Crippen molar-refractivity contribution in [3.8, 4) is 0 Å². The molecule has 20 heteroatoms. The highest BCUT2D eigenvalue weighted by Gasteiger charge is 2.21. The Bertz CT molecular complexity index is 1560. The Morgan fingerprint density at radius 2 is 0.702 bits per heavy atom. The Morgan fingerprint density at radius 3 is 1.11 bits per heavy atom. The van der Waals surface area contributed by atoms with Crippen LogP contribution in [0.15, 0.2) is 0 Å². The number of ether oxygens (including phenoxy) is 5. The molecule has 0 aromatic carbocycles. The van der Waals surface area contributed by atoms with Gasteiger partial charge < -0.3 is 44.1 Å². The number of hydrogen-bond donors (Lipinski definition) is 4. The van der Waals surface area contributed by atoms with Gasteiger partial charge in [-0.25, -0.2) is 0 Å². The Hall–Kier alpha value is -2.27. The number of nitrogens with zero attached hydrogens (tertiary/aromatic N) is 4. The first kappa shape index (κ1) is 79.7. The second kappa shape index (κ2) is 52.6. The normalized spacial score (nSPS) is 14.9. The summed E-state index contributed by atoms with van der Waals surface area (Å²) >= 11 is 0. The largest absolute Gasteiger partial charge is 0.466 e. The van der Waals surface area contributed by atoms with E-state index >= 15 is 0 Å². The molecule has 0 radical (unpaired) electrons. The lowest BCUT2D eigenvalue weighted by atomic mass is 10.1. The molecule has 0 saturated carbocycles. The minimum absolute atomic E-state index is 0.124. The number of esters is 5.